The molecule has 0 fully saturated rings. The number of pyridine rings is 1. The second kappa shape index (κ2) is 6.29. The van der Waals surface area contributed by atoms with E-state index in [9.17, 15) is 4.79 Å². The standard InChI is InChI=1S/C18H17ClN4OS/c1-23-7-6-14-10(9-23)8-13-15(20)16(25-18(13)22-14)17(24)21-12-4-2-11(19)3-5-12/h2-5,8H,6-7,9,20H2,1H3,(H,21,24)/p+2. The van der Waals surface area contributed by atoms with Gasteiger partial charge in [0.05, 0.1) is 36.7 Å². The summed E-state index contributed by atoms with van der Waals surface area (Å²) in [5, 5.41) is 4.44. The molecule has 0 bridgehead atoms. The zero-order chi connectivity index (χ0) is 17.6. The van der Waals surface area contributed by atoms with Crippen molar-refractivity contribution in [3.05, 3.63) is 51.5 Å². The van der Waals surface area contributed by atoms with Gasteiger partial charge in [-0.3, -0.25) is 4.79 Å². The lowest BCUT2D eigenvalue weighted by Crippen LogP contribution is -3.08. The van der Waals surface area contributed by atoms with Gasteiger partial charge in [-0.05, 0) is 30.3 Å². The van der Waals surface area contributed by atoms with Crippen LogP contribution in [-0.2, 0) is 13.0 Å². The summed E-state index contributed by atoms with van der Waals surface area (Å²) in [5.74, 6) is -0.199. The highest BCUT2D eigenvalue weighted by Gasteiger charge is 2.27. The van der Waals surface area contributed by atoms with Gasteiger partial charge in [-0.1, -0.05) is 22.9 Å². The molecule has 128 valence electrons. The Balaban J connectivity index is 1.69. The van der Waals surface area contributed by atoms with Crippen LogP contribution < -0.4 is 20.9 Å². The molecular formula is C18H19ClN4OS+2. The monoisotopic (exact) mass is 374 g/mol. The quantitative estimate of drug-likeness (QED) is 0.639. The van der Waals surface area contributed by atoms with Gasteiger partial charge in [-0.25, -0.2) is 0 Å². The zero-order valence-electron chi connectivity index (χ0n) is 13.8. The van der Waals surface area contributed by atoms with Gasteiger partial charge < -0.3 is 16.0 Å². The molecule has 0 radical (unpaired) electrons. The third kappa shape index (κ3) is 3.08. The molecule has 1 aliphatic heterocycles. The van der Waals surface area contributed by atoms with E-state index in [0.29, 0.717) is 21.3 Å². The Bertz CT molecular complexity index is 967. The molecule has 4 rings (SSSR count). The van der Waals surface area contributed by atoms with Crippen molar-refractivity contribution in [2.45, 2.75) is 13.0 Å². The van der Waals surface area contributed by atoms with E-state index in [1.807, 2.05) is 0 Å². The molecular weight excluding hydrogens is 356 g/mol. The summed E-state index contributed by atoms with van der Waals surface area (Å²) in [5.41, 5.74) is 10.1. The number of nitrogens with two attached hydrogens (primary N) is 1. The average molecular weight is 375 g/mol. The summed E-state index contributed by atoms with van der Waals surface area (Å²) < 4.78 is 0. The van der Waals surface area contributed by atoms with Gasteiger partial charge in [0.25, 0.3) is 10.7 Å². The minimum Gasteiger partial charge on any atom is -0.397 e. The van der Waals surface area contributed by atoms with Crippen LogP contribution in [0.2, 0.25) is 5.02 Å². The van der Waals surface area contributed by atoms with E-state index >= 15 is 0 Å². The third-order valence-electron chi connectivity index (χ3n) is 4.56. The molecule has 3 heterocycles. The molecule has 0 saturated carbocycles. The number of thiophene rings is 1. The van der Waals surface area contributed by atoms with Crippen LogP contribution in [0.25, 0.3) is 10.2 Å². The molecule has 7 heteroatoms. The normalized spacial score (nSPS) is 16.6. The number of nitrogens with one attached hydrogen (secondary N) is 3. The molecule has 0 spiro atoms. The molecule has 1 atom stereocenters. The van der Waals surface area contributed by atoms with Crippen molar-refractivity contribution in [2.75, 3.05) is 24.6 Å². The summed E-state index contributed by atoms with van der Waals surface area (Å²) in [6, 6.07) is 9.16. The summed E-state index contributed by atoms with van der Waals surface area (Å²) in [6.45, 7) is 2.09. The Kier molecular flexibility index (Phi) is 4.11. The van der Waals surface area contributed by atoms with Crippen LogP contribution in [0.1, 0.15) is 20.9 Å². The minimum absolute atomic E-state index is 0.199. The first-order valence-electron chi connectivity index (χ1n) is 8.15. The average Bonchev–Trinajstić information content (AvgIpc) is 2.91. The number of nitrogen functional groups attached to an aromatic ring is 1. The van der Waals surface area contributed by atoms with Crippen molar-refractivity contribution >= 4 is 50.4 Å². The Morgan fingerprint density at radius 3 is 2.88 bits per heavy atom. The molecule has 5 nitrogen and oxygen atoms in total. The number of carbonyl (C=O) groups is 1. The van der Waals surface area contributed by atoms with Crippen molar-refractivity contribution in [2.24, 2.45) is 0 Å². The lowest BCUT2D eigenvalue weighted by Gasteiger charge is -2.18. The van der Waals surface area contributed by atoms with Crippen LogP contribution in [0.3, 0.4) is 0 Å². The van der Waals surface area contributed by atoms with Gasteiger partial charge in [-0.15, -0.1) is 0 Å². The number of rotatable bonds is 2. The molecule has 1 aromatic carbocycles. The van der Waals surface area contributed by atoms with E-state index in [1.165, 1.54) is 27.5 Å². The topological polar surface area (TPSA) is 73.7 Å². The highest BCUT2D eigenvalue weighted by Crippen LogP contribution is 2.33. The van der Waals surface area contributed by atoms with Crippen LogP contribution in [0.5, 0.6) is 0 Å². The highest BCUT2D eigenvalue weighted by molar-refractivity contribution is 7.20. The summed E-state index contributed by atoms with van der Waals surface area (Å²) in [4.78, 5) is 19.1. The molecule has 3 aromatic rings. The van der Waals surface area contributed by atoms with Crippen molar-refractivity contribution in [1.82, 2.24) is 0 Å². The number of fused-ring (bicyclic) bond motifs is 2. The van der Waals surface area contributed by atoms with E-state index in [0.717, 1.165) is 29.7 Å². The maximum Gasteiger partial charge on any atom is 0.270 e. The number of carbonyl (C=O) groups excluding carboxylic acids is 1. The fourth-order valence-corrected chi connectivity index (χ4v) is 4.34. The predicted molar refractivity (Wildman–Crippen MR) is 101 cm³/mol. The van der Waals surface area contributed by atoms with Crippen molar-refractivity contribution in [1.29, 1.82) is 0 Å². The summed E-state index contributed by atoms with van der Waals surface area (Å²) >= 11 is 7.28. The zero-order valence-corrected chi connectivity index (χ0v) is 15.4. The number of aromatic amines is 1. The summed E-state index contributed by atoms with van der Waals surface area (Å²) in [6.07, 6.45) is 1.02. The number of likely N-dealkylation sites (N-methyl/N-ethyl adjacent to an activating group) is 1. The van der Waals surface area contributed by atoms with Gasteiger partial charge in [0.1, 0.15) is 11.4 Å². The number of amides is 1. The van der Waals surface area contributed by atoms with Gasteiger partial charge in [0, 0.05) is 10.7 Å². The molecule has 0 aliphatic carbocycles. The van der Waals surface area contributed by atoms with Crippen LogP contribution in [0, 0.1) is 0 Å². The smallest absolute Gasteiger partial charge is 0.270 e. The number of quaternary nitrogens is 1. The van der Waals surface area contributed by atoms with E-state index < -0.39 is 0 Å². The highest BCUT2D eigenvalue weighted by atomic mass is 35.5. The maximum absolute atomic E-state index is 12.6. The number of halogens is 1. The number of aromatic nitrogens is 1. The Morgan fingerprint density at radius 2 is 2.12 bits per heavy atom. The van der Waals surface area contributed by atoms with Crippen molar-refractivity contribution in [3.63, 3.8) is 0 Å². The van der Waals surface area contributed by atoms with Crippen molar-refractivity contribution < 1.29 is 14.7 Å². The van der Waals surface area contributed by atoms with E-state index in [1.54, 1.807) is 24.3 Å². The van der Waals surface area contributed by atoms with E-state index in [-0.39, 0.29) is 5.91 Å². The summed E-state index contributed by atoms with van der Waals surface area (Å²) in [7, 11) is 2.19. The first-order valence-corrected chi connectivity index (χ1v) is 9.35. The number of hydrogen-bond donors (Lipinski definition) is 3. The molecule has 25 heavy (non-hydrogen) atoms. The molecule has 5 N–H and O–H groups in total. The number of H-pyrrole nitrogens is 1. The van der Waals surface area contributed by atoms with Gasteiger partial charge in [-0.2, -0.15) is 4.98 Å². The number of hydrogen-bond acceptors (Lipinski definition) is 3. The van der Waals surface area contributed by atoms with Crippen LogP contribution in [0.4, 0.5) is 11.4 Å². The van der Waals surface area contributed by atoms with Gasteiger partial charge in [0.15, 0.2) is 5.69 Å². The third-order valence-corrected chi connectivity index (χ3v) is 5.94. The van der Waals surface area contributed by atoms with Crippen LogP contribution in [0.15, 0.2) is 30.3 Å². The molecule has 2 aromatic heterocycles. The fourth-order valence-electron chi connectivity index (χ4n) is 3.19. The lowest BCUT2D eigenvalue weighted by atomic mass is 10.0. The first-order chi connectivity index (χ1) is 12.0. The van der Waals surface area contributed by atoms with E-state index in [2.05, 4.69) is 23.4 Å². The molecule has 1 unspecified atom stereocenters. The molecule has 0 saturated heterocycles. The number of benzene rings is 1. The van der Waals surface area contributed by atoms with E-state index in [4.69, 9.17) is 17.3 Å². The van der Waals surface area contributed by atoms with Crippen LogP contribution >= 0.6 is 22.9 Å². The first kappa shape index (κ1) is 16.3. The predicted octanol–water partition coefficient (Wildman–Crippen LogP) is 1.77. The van der Waals surface area contributed by atoms with Gasteiger partial charge in [0.2, 0.25) is 0 Å². The lowest BCUT2D eigenvalue weighted by molar-refractivity contribution is -0.896. The molecule has 1 amide bonds. The number of anilines is 2. The second-order valence-corrected chi connectivity index (χ2v) is 7.91. The fraction of sp³-hybridized carbons (Fsp3) is 0.222. The Hall–Kier alpha value is -2.15. The second-order valence-electron chi connectivity index (χ2n) is 6.46. The minimum atomic E-state index is -0.199. The largest absolute Gasteiger partial charge is 0.397 e. The van der Waals surface area contributed by atoms with Gasteiger partial charge >= 0.3 is 0 Å². The maximum atomic E-state index is 12.6. The van der Waals surface area contributed by atoms with Crippen molar-refractivity contribution in [3.8, 4) is 0 Å². The van der Waals surface area contributed by atoms with Crippen LogP contribution in [-0.4, -0.2) is 19.5 Å². The molecule has 1 aliphatic rings. The Labute approximate surface area is 154 Å². The Morgan fingerprint density at radius 1 is 1.36 bits per heavy atom. The SMILES string of the molecule is C[NH+]1CCc2[nH+]c3sc(C(=O)Nc4ccc(Cl)cc4)c(N)c3cc2C1.